The fraction of sp³-hybridized carbons (Fsp3) is 0.286. The lowest BCUT2D eigenvalue weighted by atomic mass is 10.1. The third kappa shape index (κ3) is 2.82. The molecule has 0 fully saturated rings. The second-order valence-electron chi connectivity index (χ2n) is 5.29. The number of halogens is 2. The number of aldehydes is 1. The molecular weight excluding hydrogens is 283 g/mol. The first-order chi connectivity index (χ1) is 8.82. The molecule has 1 heterocycles. The lowest BCUT2D eigenvalue weighted by molar-refractivity contribution is 0.112. The van der Waals surface area contributed by atoms with E-state index in [1.54, 1.807) is 29.1 Å². The molecular formula is C14H14Cl2N2O. The fourth-order valence-corrected chi connectivity index (χ4v) is 2.21. The molecule has 0 aliphatic rings. The van der Waals surface area contributed by atoms with Gasteiger partial charge < -0.3 is 0 Å². The minimum absolute atomic E-state index is 0.199. The molecule has 0 atom stereocenters. The highest BCUT2D eigenvalue weighted by Gasteiger charge is 2.20. The summed E-state index contributed by atoms with van der Waals surface area (Å²) >= 11 is 12.0. The summed E-state index contributed by atoms with van der Waals surface area (Å²) in [6.07, 6.45) is 2.52. The summed E-state index contributed by atoms with van der Waals surface area (Å²) in [5.41, 5.74) is 1.59. The standard InChI is InChI=1S/C14H14Cl2N2O/c1-14(2,3)18-7-9(8-19)13(17-18)11-5-4-10(15)6-12(11)16/h4-8H,1-3H3. The molecule has 0 spiro atoms. The highest BCUT2D eigenvalue weighted by Crippen LogP contribution is 2.32. The maximum atomic E-state index is 11.2. The van der Waals surface area contributed by atoms with Gasteiger partial charge >= 0.3 is 0 Å². The largest absolute Gasteiger partial charge is 0.298 e. The highest BCUT2D eigenvalue weighted by atomic mass is 35.5. The number of carbonyl (C=O) groups is 1. The lowest BCUT2D eigenvalue weighted by Crippen LogP contribution is -2.22. The fourth-order valence-electron chi connectivity index (χ4n) is 1.71. The molecule has 0 saturated heterocycles. The van der Waals surface area contributed by atoms with Gasteiger partial charge in [-0.3, -0.25) is 9.48 Å². The molecule has 0 N–H and O–H groups in total. The van der Waals surface area contributed by atoms with Gasteiger partial charge in [-0.1, -0.05) is 23.2 Å². The Balaban J connectivity index is 2.61. The van der Waals surface area contributed by atoms with E-state index < -0.39 is 0 Å². The van der Waals surface area contributed by atoms with E-state index in [1.165, 1.54) is 0 Å². The normalized spacial score (nSPS) is 11.6. The van der Waals surface area contributed by atoms with Crippen LogP contribution in [0, 0.1) is 0 Å². The van der Waals surface area contributed by atoms with E-state index in [9.17, 15) is 4.79 Å². The second kappa shape index (κ2) is 4.99. The molecule has 0 aliphatic heterocycles. The van der Waals surface area contributed by atoms with Gasteiger partial charge in [0, 0.05) is 16.8 Å². The predicted molar refractivity (Wildman–Crippen MR) is 78.1 cm³/mol. The van der Waals surface area contributed by atoms with E-state index in [-0.39, 0.29) is 5.54 Å². The van der Waals surface area contributed by atoms with E-state index in [4.69, 9.17) is 23.2 Å². The molecule has 1 aromatic heterocycles. The summed E-state index contributed by atoms with van der Waals surface area (Å²) in [4.78, 5) is 11.2. The van der Waals surface area contributed by atoms with Gasteiger partial charge in [0.2, 0.25) is 0 Å². The first-order valence-electron chi connectivity index (χ1n) is 5.83. The van der Waals surface area contributed by atoms with Crippen molar-refractivity contribution < 1.29 is 4.79 Å². The topological polar surface area (TPSA) is 34.9 Å². The van der Waals surface area contributed by atoms with Crippen LogP contribution in [-0.4, -0.2) is 16.1 Å². The minimum atomic E-state index is -0.199. The summed E-state index contributed by atoms with van der Waals surface area (Å²) in [7, 11) is 0. The molecule has 5 heteroatoms. The zero-order valence-electron chi connectivity index (χ0n) is 10.9. The molecule has 100 valence electrons. The van der Waals surface area contributed by atoms with Crippen molar-refractivity contribution >= 4 is 29.5 Å². The Morgan fingerprint density at radius 2 is 1.95 bits per heavy atom. The van der Waals surface area contributed by atoms with Gasteiger partial charge in [0.25, 0.3) is 0 Å². The van der Waals surface area contributed by atoms with Crippen LogP contribution in [0.2, 0.25) is 10.0 Å². The predicted octanol–water partition coefficient (Wildman–Crippen LogP) is 4.42. The molecule has 19 heavy (non-hydrogen) atoms. The monoisotopic (exact) mass is 296 g/mol. The first kappa shape index (κ1) is 14.1. The van der Waals surface area contributed by atoms with Crippen LogP contribution in [0.15, 0.2) is 24.4 Å². The van der Waals surface area contributed by atoms with Crippen molar-refractivity contribution in [3.05, 3.63) is 40.0 Å². The molecule has 0 amide bonds. The van der Waals surface area contributed by atoms with Crippen molar-refractivity contribution in [2.75, 3.05) is 0 Å². The number of hydrogen-bond donors (Lipinski definition) is 0. The summed E-state index contributed by atoms with van der Waals surface area (Å²) < 4.78 is 1.76. The summed E-state index contributed by atoms with van der Waals surface area (Å²) in [6, 6.07) is 5.14. The average Bonchev–Trinajstić information content (AvgIpc) is 2.72. The van der Waals surface area contributed by atoms with Crippen molar-refractivity contribution in [2.45, 2.75) is 26.3 Å². The smallest absolute Gasteiger partial charge is 0.153 e. The molecule has 0 radical (unpaired) electrons. The average molecular weight is 297 g/mol. The number of benzene rings is 1. The molecule has 3 nitrogen and oxygen atoms in total. The van der Waals surface area contributed by atoms with E-state index in [2.05, 4.69) is 5.10 Å². The van der Waals surface area contributed by atoms with Crippen molar-refractivity contribution in [3.8, 4) is 11.3 Å². The van der Waals surface area contributed by atoms with Crippen molar-refractivity contribution in [1.29, 1.82) is 0 Å². The van der Waals surface area contributed by atoms with E-state index in [1.807, 2.05) is 20.8 Å². The number of aromatic nitrogens is 2. The van der Waals surface area contributed by atoms with Crippen LogP contribution in [0.1, 0.15) is 31.1 Å². The third-order valence-corrected chi connectivity index (χ3v) is 3.29. The van der Waals surface area contributed by atoms with Crippen LogP contribution in [0.25, 0.3) is 11.3 Å². The Hall–Kier alpha value is -1.32. The molecule has 0 saturated carbocycles. The highest BCUT2D eigenvalue weighted by molar-refractivity contribution is 6.36. The van der Waals surface area contributed by atoms with Gasteiger partial charge in [0.05, 0.1) is 16.1 Å². The van der Waals surface area contributed by atoms with Crippen molar-refractivity contribution in [1.82, 2.24) is 9.78 Å². The van der Waals surface area contributed by atoms with Gasteiger partial charge in [-0.2, -0.15) is 5.10 Å². The van der Waals surface area contributed by atoms with Crippen LogP contribution < -0.4 is 0 Å². The zero-order valence-corrected chi connectivity index (χ0v) is 12.5. The number of hydrogen-bond acceptors (Lipinski definition) is 2. The quantitative estimate of drug-likeness (QED) is 0.769. The zero-order chi connectivity index (χ0) is 14.2. The van der Waals surface area contributed by atoms with Crippen LogP contribution in [0.3, 0.4) is 0 Å². The van der Waals surface area contributed by atoms with Gasteiger partial charge in [-0.15, -0.1) is 0 Å². The third-order valence-electron chi connectivity index (χ3n) is 2.74. The number of nitrogens with zero attached hydrogens (tertiary/aromatic N) is 2. The Bertz CT molecular complexity index is 627. The minimum Gasteiger partial charge on any atom is -0.298 e. The lowest BCUT2D eigenvalue weighted by Gasteiger charge is -2.18. The molecule has 1 aromatic carbocycles. The van der Waals surface area contributed by atoms with Gasteiger partial charge in [-0.25, -0.2) is 0 Å². The molecule has 0 bridgehead atoms. The van der Waals surface area contributed by atoms with E-state index >= 15 is 0 Å². The molecule has 2 rings (SSSR count). The van der Waals surface area contributed by atoms with Gasteiger partial charge in [-0.05, 0) is 39.0 Å². The Labute approximate surface area is 122 Å². The van der Waals surface area contributed by atoms with Crippen LogP contribution in [-0.2, 0) is 5.54 Å². The summed E-state index contributed by atoms with van der Waals surface area (Å²) in [5, 5.41) is 5.50. The molecule has 0 aliphatic carbocycles. The SMILES string of the molecule is CC(C)(C)n1cc(C=O)c(-c2ccc(Cl)cc2Cl)n1. The van der Waals surface area contributed by atoms with Crippen molar-refractivity contribution in [2.24, 2.45) is 0 Å². The van der Waals surface area contributed by atoms with E-state index in [0.717, 1.165) is 6.29 Å². The van der Waals surface area contributed by atoms with Crippen molar-refractivity contribution in [3.63, 3.8) is 0 Å². The van der Waals surface area contributed by atoms with Gasteiger partial charge in [0.1, 0.15) is 5.69 Å². The Kier molecular flexibility index (Phi) is 3.70. The Morgan fingerprint density at radius 3 is 2.47 bits per heavy atom. The maximum absolute atomic E-state index is 11.2. The molecule has 2 aromatic rings. The summed E-state index contributed by atoms with van der Waals surface area (Å²) in [5.74, 6) is 0. The Morgan fingerprint density at radius 1 is 1.26 bits per heavy atom. The summed E-state index contributed by atoms with van der Waals surface area (Å²) in [6.45, 7) is 6.05. The number of carbonyl (C=O) groups excluding carboxylic acids is 1. The van der Waals surface area contributed by atoms with Crippen LogP contribution >= 0.6 is 23.2 Å². The van der Waals surface area contributed by atoms with Crippen LogP contribution in [0.5, 0.6) is 0 Å². The van der Waals surface area contributed by atoms with Gasteiger partial charge in [0.15, 0.2) is 6.29 Å². The first-order valence-corrected chi connectivity index (χ1v) is 6.59. The maximum Gasteiger partial charge on any atom is 0.153 e. The number of rotatable bonds is 2. The molecule has 0 unspecified atom stereocenters. The van der Waals surface area contributed by atoms with Crippen LogP contribution in [0.4, 0.5) is 0 Å². The van der Waals surface area contributed by atoms with E-state index in [0.29, 0.717) is 26.9 Å². The second-order valence-corrected chi connectivity index (χ2v) is 6.13.